The van der Waals surface area contributed by atoms with Crippen LogP contribution in [0.25, 0.3) is 0 Å². The van der Waals surface area contributed by atoms with Gasteiger partial charge >= 0.3 is 0 Å². The van der Waals surface area contributed by atoms with Crippen LogP contribution in [-0.4, -0.2) is 29.4 Å². The van der Waals surface area contributed by atoms with Gasteiger partial charge in [0.05, 0.1) is 18.1 Å². The summed E-state index contributed by atoms with van der Waals surface area (Å²) in [5.41, 5.74) is 4.33. The van der Waals surface area contributed by atoms with Crippen molar-refractivity contribution >= 4 is 0 Å². The van der Waals surface area contributed by atoms with Crippen LogP contribution >= 0.6 is 0 Å². The third kappa shape index (κ3) is 4.61. The second-order valence-corrected chi connectivity index (χ2v) is 7.71. The summed E-state index contributed by atoms with van der Waals surface area (Å²) >= 11 is 0. The molecule has 0 spiro atoms. The van der Waals surface area contributed by atoms with Gasteiger partial charge in [0, 0.05) is 37.9 Å². The van der Waals surface area contributed by atoms with Crippen LogP contribution in [0, 0.1) is 24.7 Å². The second-order valence-electron chi connectivity index (χ2n) is 7.71. The highest BCUT2D eigenvalue weighted by Gasteiger charge is 2.21. The van der Waals surface area contributed by atoms with Crippen molar-refractivity contribution < 1.29 is 9.47 Å². The van der Waals surface area contributed by atoms with Crippen molar-refractivity contribution in [1.29, 1.82) is 0 Å². The summed E-state index contributed by atoms with van der Waals surface area (Å²) in [6.45, 7) is 3.85. The molecular weight excluding hydrogens is 336 g/mol. The molecule has 4 nitrogen and oxygen atoms in total. The van der Waals surface area contributed by atoms with Crippen molar-refractivity contribution in [2.24, 2.45) is 5.92 Å². The van der Waals surface area contributed by atoms with Crippen molar-refractivity contribution in [3.05, 3.63) is 53.1 Å². The van der Waals surface area contributed by atoms with Crippen LogP contribution in [-0.2, 0) is 16.0 Å². The minimum absolute atomic E-state index is 0.179. The topological polar surface area (TPSA) is 36.3 Å². The first-order valence-corrected chi connectivity index (χ1v) is 10.0. The van der Waals surface area contributed by atoms with Gasteiger partial charge in [0.1, 0.15) is 6.10 Å². The van der Waals surface area contributed by atoms with Crippen molar-refractivity contribution in [1.82, 2.24) is 9.55 Å². The van der Waals surface area contributed by atoms with Crippen LogP contribution < -0.4 is 0 Å². The molecule has 1 aromatic heterocycles. The van der Waals surface area contributed by atoms with Crippen molar-refractivity contribution in [2.75, 3.05) is 13.7 Å². The van der Waals surface area contributed by atoms with Crippen LogP contribution in [0.5, 0.6) is 0 Å². The molecule has 4 rings (SSSR count). The monoisotopic (exact) mass is 364 g/mol. The maximum Gasteiger partial charge on any atom is 0.126 e. The molecule has 2 aliphatic rings. The van der Waals surface area contributed by atoms with E-state index in [4.69, 9.17) is 9.47 Å². The quantitative estimate of drug-likeness (QED) is 0.744. The minimum Gasteiger partial charge on any atom is -0.376 e. The van der Waals surface area contributed by atoms with Crippen LogP contribution in [0.15, 0.2) is 30.7 Å². The molecular formula is C23H28N2O2. The summed E-state index contributed by atoms with van der Waals surface area (Å²) < 4.78 is 13.8. The van der Waals surface area contributed by atoms with Gasteiger partial charge in [0.25, 0.3) is 0 Å². The van der Waals surface area contributed by atoms with E-state index in [0.717, 1.165) is 36.4 Å². The van der Waals surface area contributed by atoms with Crippen molar-refractivity contribution in [3.8, 4) is 11.8 Å². The molecule has 4 heteroatoms. The number of hydrogen-bond donors (Lipinski definition) is 0. The van der Waals surface area contributed by atoms with E-state index in [-0.39, 0.29) is 6.10 Å². The van der Waals surface area contributed by atoms with Gasteiger partial charge < -0.3 is 14.0 Å². The molecule has 0 bridgehead atoms. The van der Waals surface area contributed by atoms with E-state index in [0.29, 0.717) is 12.0 Å². The van der Waals surface area contributed by atoms with E-state index in [1.165, 1.54) is 31.2 Å². The zero-order chi connectivity index (χ0) is 18.6. The zero-order valence-electron chi connectivity index (χ0n) is 16.3. The molecule has 2 atom stereocenters. The van der Waals surface area contributed by atoms with Crippen LogP contribution in [0.2, 0.25) is 0 Å². The van der Waals surface area contributed by atoms with E-state index in [1.807, 2.05) is 6.33 Å². The van der Waals surface area contributed by atoms with E-state index in [2.05, 4.69) is 52.7 Å². The molecule has 2 unspecified atom stereocenters. The number of hydrogen-bond acceptors (Lipinski definition) is 3. The first-order chi connectivity index (χ1) is 13.2. The molecule has 27 heavy (non-hydrogen) atoms. The van der Waals surface area contributed by atoms with Crippen LogP contribution in [0.3, 0.4) is 0 Å². The third-order valence-corrected chi connectivity index (χ3v) is 5.41. The predicted molar refractivity (Wildman–Crippen MR) is 105 cm³/mol. The van der Waals surface area contributed by atoms with Gasteiger partial charge in [-0.05, 0) is 62.3 Å². The smallest absolute Gasteiger partial charge is 0.126 e. The number of aryl methyl sites for hydroxylation is 1. The molecule has 1 saturated carbocycles. The number of ether oxygens (including phenoxy) is 2. The molecule has 2 fully saturated rings. The fourth-order valence-corrected chi connectivity index (χ4v) is 3.62. The van der Waals surface area contributed by atoms with Gasteiger partial charge in [-0.1, -0.05) is 17.9 Å². The molecule has 1 aliphatic carbocycles. The number of aromatic nitrogens is 2. The average molecular weight is 364 g/mol. The highest BCUT2D eigenvalue weighted by molar-refractivity contribution is 5.43. The summed E-state index contributed by atoms with van der Waals surface area (Å²) in [6.07, 6.45) is 10.1. The molecule has 2 heterocycles. The Bertz CT molecular complexity index is 836. The predicted octanol–water partition coefficient (Wildman–Crippen LogP) is 4.26. The fourth-order valence-electron chi connectivity index (χ4n) is 3.62. The normalized spacial score (nSPS) is 20.7. The largest absolute Gasteiger partial charge is 0.376 e. The lowest BCUT2D eigenvalue weighted by atomic mass is 9.98. The molecule has 1 aliphatic heterocycles. The Balaban J connectivity index is 1.53. The Morgan fingerprint density at radius 2 is 2.19 bits per heavy atom. The average Bonchev–Trinajstić information content (AvgIpc) is 3.42. The molecule has 0 radical (unpaired) electrons. The lowest BCUT2D eigenvalue weighted by Crippen LogP contribution is -2.23. The Kier molecular flexibility index (Phi) is 5.61. The summed E-state index contributed by atoms with van der Waals surface area (Å²) in [6, 6.07) is 6.38. The summed E-state index contributed by atoms with van der Waals surface area (Å²) in [7, 11) is 1.75. The third-order valence-electron chi connectivity index (χ3n) is 5.41. The first-order valence-electron chi connectivity index (χ1n) is 10.0. The summed E-state index contributed by atoms with van der Waals surface area (Å²) in [4.78, 5) is 4.63. The van der Waals surface area contributed by atoms with Gasteiger partial charge in [-0.15, -0.1) is 0 Å². The Morgan fingerprint density at radius 3 is 2.93 bits per heavy atom. The van der Waals surface area contributed by atoms with Gasteiger partial charge in [-0.2, -0.15) is 0 Å². The molecule has 0 N–H and O–H groups in total. The standard InChI is InChI=1S/C23H28N2O2/c1-17-6-7-19(11-10-18-8-9-18)13-21(17)23(26-2)22-15-25(16-24-22)14-20-5-3-4-12-27-20/h6-7,13,15-16,18,20,23H,3-5,8-9,12,14H2,1-2H3. The fraction of sp³-hybridized carbons (Fsp3) is 0.522. The van der Waals surface area contributed by atoms with E-state index in [1.54, 1.807) is 7.11 Å². The highest BCUT2D eigenvalue weighted by Crippen LogP contribution is 2.29. The first kappa shape index (κ1) is 18.3. The lowest BCUT2D eigenvalue weighted by molar-refractivity contribution is 0.00593. The Morgan fingerprint density at radius 1 is 1.30 bits per heavy atom. The maximum absolute atomic E-state index is 5.85. The number of benzene rings is 1. The molecule has 1 aromatic carbocycles. The van der Waals surface area contributed by atoms with E-state index >= 15 is 0 Å². The van der Waals surface area contributed by atoms with Gasteiger partial charge in [-0.25, -0.2) is 4.98 Å². The molecule has 0 amide bonds. The van der Waals surface area contributed by atoms with Gasteiger partial charge in [0.15, 0.2) is 0 Å². The number of rotatable bonds is 5. The molecule has 1 saturated heterocycles. The summed E-state index contributed by atoms with van der Waals surface area (Å²) in [5, 5.41) is 0. The Hall–Kier alpha value is -2.09. The van der Waals surface area contributed by atoms with Gasteiger partial charge in [-0.3, -0.25) is 0 Å². The lowest BCUT2D eigenvalue weighted by Gasteiger charge is -2.22. The summed E-state index contributed by atoms with van der Waals surface area (Å²) in [5.74, 6) is 7.26. The minimum atomic E-state index is -0.179. The van der Waals surface area contributed by atoms with Crippen molar-refractivity contribution in [2.45, 2.75) is 57.8 Å². The zero-order valence-corrected chi connectivity index (χ0v) is 16.3. The maximum atomic E-state index is 5.85. The number of imidazole rings is 1. The molecule has 142 valence electrons. The van der Waals surface area contributed by atoms with Crippen LogP contribution in [0.1, 0.15) is 60.6 Å². The number of nitrogens with zero attached hydrogens (tertiary/aromatic N) is 2. The van der Waals surface area contributed by atoms with Crippen molar-refractivity contribution in [3.63, 3.8) is 0 Å². The van der Waals surface area contributed by atoms with Gasteiger partial charge in [0.2, 0.25) is 0 Å². The van der Waals surface area contributed by atoms with Crippen LogP contribution in [0.4, 0.5) is 0 Å². The molecule has 2 aromatic rings. The number of methoxy groups -OCH3 is 1. The highest BCUT2D eigenvalue weighted by atomic mass is 16.5. The Labute approximate surface area is 161 Å². The van der Waals surface area contributed by atoms with E-state index in [9.17, 15) is 0 Å². The second kappa shape index (κ2) is 8.29. The van der Waals surface area contributed by atoms with E-state index < -0.39 is 0 Å². The SMILES string of the molecule is COC(c1cn(CC2CCCCO2)cn1)c1cc(C#CC2CC2)ccc1C.